The number of imide groups is 1. The first-order valence-corrected chi connectivity index (χ1v) is 13.5. The van der Waals surface area contributed by atoms with Crippen LogP contribution >= 0.6 is 0 Å². The second-order valence-electron chi connectivity index (χ2n) is 10.2. The summed E-state index contributed by atoms with van der Waals surface area (Å²) in [4.78, 5) is 44.8. The number of piperazine rings is 1. The van der Waals surface area contributed by atoms with Gasteiger partial charge in [-0.25, -0.2) is 0 Å². The monoisotopic (exact) mass is 505 g/mol. The molecule has 198 valence electrons. The summed E-state index contributed by atoms with van der Waals surface area (Å²) in [5.74, 6) is -0.468. The number of nitrogens with zero attached hydrogens (tertiary/aromatic N) is 3. The summed E-state index contributed by atoms with van der Waals surface area (Å²) in [6, 6.07) is 20.3. The molecule has 0 aromatic heterocycles. The summed E-state index contributed by atoms with van der Waals surface area (Å²) in [6.45, 7) is 6.76. The average molecular weight is 506 g/mol. The molecule has 0 N–H and O–H groups in total. The Morgan fingerprint density at radius 1 is 0.892 bits per heavy atom. The highest BCUT2D eigenvalue weighted by Gasteiger charge is 2.61. The quantitative estimate of drug-likeness (QED) is 0.458. The summed E-state index contributed by atoms with van der Waals surface area (Å²) < 4.78 is 6.08. The van der Waals surface area contributed by atoms with Crippen LogP contribution in [-0.4, -0.2) is 78.5 Å². The smallest absolute Gasteiger partial charge is 0.248 e. The normalized spacial score (nSPS) is 19.7. The van der Waals surface area contributed by atoms with Crippen LogP contribution in [0.3, 0.4) is 0 Å². The van der Waals surface area contributed by atoms with Crippen molar-refractivity contribution < 1.29 is 19.1 Å². The minimum atomic E-state index is -0.754. The Morgan fingerprint density at radius 2 is 1.43 bits per heavy atom. The highest BCUT2D eigenvalue weighted by Crippen LogP contribution is 2.46. The fourth-order valence-corrected chi connectivity index (χ4v) is 5.59. The lowest BCUT2D eigenvalue weighted by Crippen LogP contribution is -2.71. The summed E-state index contributed by atoms with van der Waals surface area (Å²) in [5, 5.41) is 0. The standard InChI is InChI=1S/C30H39N3O4/c1-4-30(5-2)28(36)33(29(30)37-22-27(35)32-20-18-31(3)19-21-32)26(34)17-16-25(23-12-8-6-9-13-23)24-14-10-7-11-15-24/h6-15,25,29H,4-5,16-22H2,1-3H3. The van der Waals surface area contributed by atoms with E-state index in [1.165, 1.54) is 4.90 Å². The Hall–Kier alpha value is -3.03. The Kier molecular flexibility index (Phi) is 8.77. The second-order valence-corrected chi connectivity index (χ2v) is 10.2. The Bertz CT molecular complexity index is 1020. The number of ether oxygens (including phenoxy) is 1. The number of likely N-dealkylation sites (N-methyl/N-ethyl adjacent to an activating group) is 1. The maximum atomic E-state index is 13.4. The number of carbonyl (C=O) groups is 3. The summed E-state index contributed by atoms with van der Waals surface area (Å²) >= 11 is 0. The average Bonchev–Trinajstić information content (AvgIpc) is 2.93. The highest BCUT2D eigenvalue weighted by atomic mass is 16.5. The van der Waals surface area contributed by atoms with Crippen molar-refractivity contribution in [1.29, 1.82) is 0 Å². The zero-order valence-electron chi connectivity index (χ0n) is 22.3. The third-order valence-electron chi connectivity index (χ3n) is 8.15. The van der Waals surface area contributed by atoms with Gasteiger partial charge in [-0.15, -0.1) is 0 Å². The molecule has 0 saturated carbocycles. The molecule has 2 saturated heterocycles. The van der Waals surface area contributed by atoms with Crippen molar-refractivity contribution >= 4 is 17.7 Å². The van der Waals surface area contributed by atoms with Crippen LogP contribution in [0.1, 0.15) is 56.6 Å². The number of hydrogen-bond acceptors (Lipinski definition) is 5. The zero-order valence-corrected chi connectivity index (χ0v) is 22.3. The number of carbonyl (C=O) groups excluding carboxylic acids is 3. The second kappa shape index (κ2) is 12.0. The third kappa shape index (κ3) is 5.63. The van der Waals surface area contributed by atoms with Crippen LogP contribution in [-0.2, 0) is 19.1 Å². The third-order valence-corrected chi connectivity index (χ3v) is 8.15. The van der Waals surface area contributed by atoms with Crippen molar-refractivity contribution in [2.45, 2.75) is 51.7 Å². The minimum Gasteiger partial charge on any atom is -0.347 e. The van der Waals surface area contributed by atoms with Crippen LogP contribution in [0.15, 0.2) is 60.7 Å². The molecule has 0 spiro atoms. The molecule has 1 unspecified atom stereocenters. The van der Waals surface area contributed by atoms with Crippen molar-refractivity contribution in [3.63, 3.8) is 0 Å². The SMILES string of the molecule is CCC1(CC)C(=O)N(C(=O)CCC(c2ccccc2)c2ccccc2)C1OCC(=O)N1CCN(C)CC1. The number of benzene rings is 2. The van der Waals surface area contributed by atoms with E-state index in [2.05, 4.69) is 29.2 Å². The molecule has 7 heteroatoms. The van der Waals surface area contributed by atoms with Crippen molar-refractivity contribution in [3.8, 4) is 0 Å². The van der Waals surface area contributed by atoms with Gasteiger partial charge in [0.2, 0.25) is 17.7 Å². The molecule has 2 heterocycles. The first kappa shape index (κ1) is 27.0. The van der Waals surface area contributed by atoms with E-state index in [4.69, 9.17) is 4.74 Å². The van der Waals surface area contributed by atoms with Gasteiger partial charge in [-0.05, 0) is 37.4 Å². The van der Waals surface area contributed by atoms with Gasteiger partial charge >= 0.3 is 0 Å². The highest BCUT2D eigenvalue weighted by molar-refractivity contribution is 6.04. The predicted octanol–water partition coefficient (Wildman–Crippen LogP) is 3.89. The van der Waals surface area contributed by atoms with Gasteiger partial charge in [0.25, 0.3) is 0 Å². The molecule has 2 fully saturated rings. The molecule has 0 radical (unpaired) electrons. The van der Waals surface area contributed by atoms with Gasteiger partial charge in [0.05, 0.1) is 5.41 Å². The van der Waals surface area contributed by atoms with Gasteiger partial charge in [-0.1, -0.05) is 74.5 Å². The van der Waals surface area contributed by atoms with Crippen LogP contribution in [0.4, 0.5) is 0 Å². The number of hydrogen-bond donors (Lipinski definition) is 0. The molecule has 2 aromatic rings. The summed E-state index contributed by atoms with van der Waals surface area (Å²) in [6.07, 6.45) is 1.22. The van der Waals surface area contributed by atoms with Gasteiger partial charge in [-0.2, -0.15) is 0 Å². The first-order chi connectivity index (χ1) is 17.9. The molecule has 0 aliphatic carbocycles. The molecular formula is C30H39N3O4. The van der Waals surface area contributed by atoms with E-state index in [-0.39, 0.29) is 36.7 Å². The first-order valence-electron chi connectivity index (χ1n) is 13.5. The Balaban J connectivity index is 1.45. The molecule has 37 heavy (non-hydrogen) atoms. The van der Waals surface area contributed by atoms with Crippen molar-refractivity contribution in [1.82, 2.24) is 14.7 Å². The van der Waals surface area contributed by atoms with E-state index in [0.717, 1.165) is 24.2 Å². The maximum Gasteiger partial charge on any atom is 0.248 e. The van der Waals surface area contributed by atoms with Crippen molar-refractivity contribution in [3.05, 3.63) is 71.8 Å². The van der Waals surface area contributed by atoms with Crippen molar-refractivity contribution in [2.24, 2.45) is 5.41 Å². The van der Waals surface area contributed by atoms with Crippen LogP contribution in [0.25, 0.3) is 0 Å². The van der Waals surface area contributed by atoms with Crippen LogP contribution in [0, 0.1) is 5.41 Å². The molecule has 3 amide bonds. The predicted molar refractivity (Wildman–Crippen MR) is 143 cm³/mol. The molecule has 2 aromatic carbocycles. The van der Waals surface area contributed by atoms with Gasteiger partial charge in [0.15, 0.2) is 6.23 Å². The topological polar surface area (TPSA) is 70.2 Å². The molecule has 2 aliphatic heterocycles. The summed E-state index contributed by atoms with van der Waals surface area (Å²) in [5.41, 5.74) is 1.52. The van der Waals surface area contributed by atoms with Crippen molar-refractivity contribution in [2.75, 3.05) is 39.8 Å². The van der Waals surface area contributed by atoms with E-state index in [1.807, 2.05) is 57.3 Å². The van der Waals surface area contributed by atoms with E-state index in [9.17, 15) is 14.4 Å². The molecule has 0 bridgehead atoms. The number of rotatable bonds is 10. The number of likely N-dealkylation sites (tertiary alicyclic amines) is 1. The Labute approximate surface area is 220 Å². The van der Waals surface area contributed by atoms with Gasteiger partial charge < -0.3 is 14.5 Å². The van der Waals surface area contributed by atoms with E-state index < -0.39 is 11.6 Å². The van der Waals surface area contributed by atoms with Crippen LogP contribution in [0.2, 0.25) is 0 Å². The largest absolute Gasteiger partial charge is 0.347 e. The lowest BCUT2D eigenvalue weighted by atomic mass is 9.71. The molecule has 4 rings (SSSR count). The van der Waals surface area contributed by atoms with Gasteiger partial charge in [-0.3, -0.25) is 19.3 Å². The lowest BCUT2D eigenvalue weighted by Gasteiger charge is -2.53. The maximum absolute atomic E-state index is 13.4. The van der Waals surface area contributed by atoms with Crippen LogP contribution < -0.4 is 0 Å². The van der Waals surface area contributed by atoms with Gasteiger partial charge in [0, 0.05) is 38.5 Å². The van der Waals surface area contributed by atoms with Gasteiger partial charge in [0.1, 0.15) is 6.61 Å². The fourth-order valence-electron chi connectivity index (χ4n) is 5.59. The van der Waals surface area contributed by atoms with E-state index >= 15 is 0 Å². The molecule has 2 aliphatic rings. The lowest BCUT2D eigenvalue weighted by molar-refractivity contribution is -0.224. The zero-order chi connectivity index (χ0) is 26.4. The number of β-lactam (4-membered cyclic amide) rings is 1. The summed E-state index contributed by atoms with van der Waals surface area (Å²) in [7, 11) is 2.04. The van der Waals surface area contributed by atoms with Crippen LogP contribution in [0.5, 0.6) is 0 Å². The van der Waals surface area contributed by atoms with E-state index in [0.29, 0.717) is 32.4 Å². The Morgan fingerprint density at radius 3 is 1.95 bits per heavy atom. The molecule has 1 atom stereocenters. The molecule has 7 nitrogen and oxygen atoms in total. The fraction of sp³-hybridized carbons (Fsp3) is 0.500. The molecular weight excluding hydrogens is 466 g/mol. The number of amides is 3. The van der Waals surface area contributed by atoms with E-state index in [1.54, 1.807) is 4.90 Å². The minimum absolute atomic E-state index is 0.0445.